The molecule has 1 rings (SSSR count). The van der Waals surface area contributed by atoms with E-state index in [-0.39, 0.29) is 0 Å². The molecule has 0 saturated heterocycles. The summed E-state index contributed by atoms with van der Waals surface area (Å²) in [5, 5.41) is 0. The van der Waals surface area contributed by atoms with Gasteiger partial charge in [-0.2, -0.15) is 0 Å². The summed E-state index contributed by atoms with van der Waals surface area (Å²) in [7, 11) is 0. The van der Waals surface area contributed by atoms with Crippen molar-refractivity contribution < 1.29 is 4.74 Å². The summed E-state index contributed by atoms with van der Waals surface area (Å²) in [5.74, 6) is 0.651. The van der Waals surface area contributed by atoms with E-state index in [0.29, 0.717) is 5.92 Å². The number of ether oxygens (including phenoxy) is 1. The van der Waals surface area contributed by atoms with Crippen molar-refractivity contribution in [2.24, 2.45) is 5.92 Å². The molecule has 0 aromatic heterocycles. The Hall–Kier alpha value is 0.239. The van der Waals surface area contributed by atoms with Crippen LogP contribution < -0.4 is 0 Å². The molecular formula is C22H42OSn. The van der Waals surface area contributed by atoms with Gasteiger partial charge < -0.3 is 0 Å². The topological polar surface area (TPSA) is 9.23 Å². The Morgan fingerprint density at radius 1 is 1.04 bits per heavy atom. The number of hydrogen-bond donors (Lipinski definition) is 0. The quantitative estimate of drug-likeness (QED) is 0.203. The van der Waals surface area contributed by atoms with Crippen molar-refractivity contribution in [1.82, 2.24) is 0 Å². The Morgan fingerprint density at radius 3 is 2.08 bits per heavy atom. The molecule has 0 heterocycles. The molecule has 140 valence electrons. The Morgan fingerprint density at radius 2 is 1.62 bits per heavy atom. The van der Waals surface area contributed by atoms with Crippen LogP contribution in [0.25, 0.3) is 0 Å². The molecule has 1 nitrogen and oxygen atoms in total. The molecule has 0 saturated carbocycles. The molecule has 0 N–H and O–H groups in total. The van der Waals surface area contributed by atoms with Crippen LogP contribution in [-0.2, 0) is 4.74 Å². The first kappa shape index (κ1) is 22.3. The van der Waals surface area contributed by atoms with E-state index < -0.39 is 18.4 Å². The van der Waals surface area contributed by atoms with Gasteiger partial charge in [-0.3, -0.25) is 0 Å². The fourth-order valence-corrected chi connectivity index (χ4v) is 19.1. The van der Waals surface area contributed by atoms with Gasteiger partial charge in [0.2, 0.25) is 0 Å². The minimum atomic E-state index is -2.26. The van der Waals surface area contributed by atoms with Gasteiger partial charge in [-0.05, 0) is 0 Å². The summed E-state index contributed by atoms with van der Waals surface area (Å²) in [4.78, 5) is 0. The molecule has 0 aromatic rings. The maximum absolute atomic E-state index is 6.18. The van der Waals surface area contributed by atoms with E-state index in [0.717, 1.165) is 13.2 Å². The van der Waals surface area contributed by atoms with Crippen molar-refractivity contribution in [1.29, 1.82) is 0 Å². The van der Waals surface area contributed by atoms with Crippen LogP contribution in [0.4, 0.5) is 0 Å². The second-order valence-corrected chi connectivity index (χ2v) is 21.4. The molecular weight excluding hydrogens is 399 g/mol. The zero-order valence-corrected chi connectivity index (χ0v) is 19.6. The van der Waals surface area contributed by atoms with Gasteiger partial charge in [-0.25, -0.2) is 0 Å². The number of allylic oxidation sites excluding steroid dienone is 1. The van der Waals surface area contributed by atoms with Gasteiger partial charge in [0.1, 0.15) is 0 Å². The zero-order chi connectivity index (χ0) is 17.7. The van der Waals surface area contributed by atoms with Gasteiger partial charge in [-0.15, -0.1) is 0 Å². The molecule has 0 amide bonds. The van der Waals surface area contributed by atoms with Crippen LogP contribution in [0.3, 0.4) is 0 Å². The Kier molecular flexibility index (Phi) is 12.5. The fourth-order valence-electron chi connectivity index (χ4n) is 3.96. The Balaban J connectivity index is 2.60. The monoisotopic (exact) mass is 442 g/mol. The summed E-state index contributed by atoms with van der Waals surface area (Å²) in [6.45, 7) is 13.4. The van der Waals surface area contributed by atoms with Crippen LogP contribution in [0.2, 0.25) is 13.3 Å². The van der Waals surface area contributed by atoms with E-state index in [4.69, 9.17) is 4.74 Å². The first-order valence-electron chi connectivity index (χ1n) is 10.6. The molecule has 0 radical (unpaired) electrons. The van der Waals surface area contributed by atoms with E-state index in [1.165, 1.54) is 71.1 Å². The summed E-state index contributed by atoms with van der Waals surface area (Å²) in [6, 6.07) is 0. The Labute approximate surface area is 156 Å². The molecule has 0 bridgehead atoms. The molecule has 1 aliphatic rings. The third-order valence-electron chi connectivity index (χ3n) is 5.74. The first-order chi connectivity index (χ1) is 11.7. The van der Waals surface area contributed by atoms with Crippen molar-refractivity contribution in [3.05, 3.63) is 22.3 Å². The molecule has 24 heavy (non-hydrogen) atoms. The van der Waals surface area contributed by atoms with E-state index in [1.54, 1.807) is 3.59 Å². The van der Waals surface area contributed by atoms with Crippen molar-refractivity contribution in [3.63, 3.8) is 0 Å². The standard InChI is InChI=1S/C10H15O.3C4H9.Sn/c1-2-8-11-9-10-6-4-3-5-7-10;3*1-3-4-2;/h4,6,10H,1,3,5,7-9H2;3*1,3-4H2,2H3;. The normalized spacial score (nSPS) is 18.0. The van der Waals surface area contributed by atoms with Gasteiger partial charge in [0, 0.05) is 0 Å². The third kappa shape index (κ3) is 8.08. The number of unbranched alkanes of at least 4 members (excludes halogenated alkanes) is 3. The van der Waals surface area contributed by atoms with Gasteiger partial charge in [-0.1, -0.05) is 0 Å². The predicted molar refractivity (Wildman–Crippen MR) is 111 cm³/mol. The first-order valence-corrected chi connectivity index (χ1v) is 18.1. The molecule has 0 fully saturated rings. The molecule has 1 atom stereocenters. The predicted octanol–water partition coefficient (Wildman–Crippen LogP) is 7.30. The summed E-state index contributed by atoms with van der Waals surface area (Å²) in [6.07, 6.45) is 16.8. The van der Waals surface area contributed by atoms with Crippen molar-refractivity contribution in [3.8, 4) is 0 Å². The molecule has 0 aromatic carbocycles. The van der Waals surface area contributed by atoms with Gasteiger partial charge in [0.15, 0.2) is 0 Å². The molecule has 2 heteroatoms. The van der Waals surface area contributed by atoms with Gasteiger partial charge in [0.25, 0.3) is 0 Å². The van der Waals surface area contributed by atoms with E-state index in [1.807, 2.05) is 0 Å². The van der Waals surface area contributed by atoms with E-state index in [9.17, 15) is 0 Å². The second kappa shape index (κ2) is 13.4. The Bertz CT molecular complexity index is 339. The average molecular weight is 441 g/mol. The summed E-state index contributed by atoms with van der Waals surface area (Å²) >= 11 is -2.26. The van der Waals surface area contributed by atoms with Crippen molar-refractivity contribution in [2.45, 2.75) is 91.9 Å². The molecule has 1 aliphatic carbocycles. The fraction of sp³-hybridized carbons (Fsp3) is 0.818. The van der Waals surface area contributed by atoms with Crippen molar-refractivity contribution >= 4 is 18.4 Å². The van der Waals surface area contributed by atoms with Crippen molar-refractivity contribution in [2.75, 3.05) is 13.2 Å². The average Bonchev–Trinajstić information content (AvgIpc) is 2.62. The summed E-state index contributed by atoms with van der Waals surface area (Å²) in [5.41, 5.74) is 0. The van der Waals surface area contributed by atoms with Crippen LogP contribution in [0.5, 0.6) is 0 Å². The van der Waals surface area contributed by atoms with Gasteiger partial charge in [0.05, 0.1) is 0 Å². The van der Waals surface area contributed by atoms with Crippen LogP contribution in [0, 0.1) is 5.92 Å². The molecule has 0 spiro atoms. The second-order valence-electron chi connectivity index (χ2n) is 7.83. The van der Waals surface area contributed by atoms with Crippen LogP contribution in [0.1, 0.15) is 78.6 Å². The maximum atomic E-state index is 6.18. The van der Waals surface area contributed by atoms with E-state index in [2.05, 4.69) is 39.5 Å². The van der Waals surface area contributed by atoms with Gasteiger partial charge >= 0.3 is 156 Å². The molecule has 0 aliphatic heterocycles. The SMILES string of the molecule is C=[C](COCC1C=CCCC1)[Sn]([CH2]CCC)([CH2]CCC)[CH2]CCC. The number of rotatable bonds is 14. The third-order valence-corrected chi connectivity index (χ3v) is 21.7. The van der Waals surface area contributed by atoms with Crippen LogP contribution in [-0.4, -0.2) is 31.6 Å². The zero-order valence-electron chi connectivity index (χ0n) is 16.7. The number of hydrogen-bond acceptors (Lipinski definition) is 1. The minimum absolute atomic E-state index is 0.651. The summed E-state index contributed by atoms with van der Waals surface area (Å²) < 4.78 is 12.3. The molecule has 1 unspecified atom stereocenters. The van der Waals surface area contributed by atoms with Crippen LogP contribution in [0.15, 0.2) is 22.3 Å². The van der Waals surface area contributed by atoms with E-state index >= 15 is 0 Å². The van der Waals surface area contributed by atoms with Crippen LogP contribution >= 0.6 is 0 Å².